The Hall–Kier alpha value is -1.32. The summed E-state index contributed by atoms with van der Waals surface area (Å²) in [4.78, 5) is 28.4. The van der Waals surface area contributed by atoms with Crippen molar-refractivity contribution in [2.75, 3.05) is 6.54 Å². The largest absolute Gasteiger partial charge is 0.329 e. The van der Waals surface area contributed by atoms with Crippen LogP contribution in [0.1, 0.15) is 39.5 Å². The van der Waals surface area contributed by atoms with Gasteiger partial charge in [-0.2, -0.15) is 0 Å². The van der Waals surface area contributed by atoms with Crippen LogP contribution >= 0.6 is 0 Å². The van der Waals surface area contributed by atoms with Crippen molar-refractivity contribution < 1.29 is 9.59 Å². The van der Waals surface area contributed by atoms with Crippen molar-refractivity contribution in [3.63, 3.8) is 0 Å². The van der Waals surface area contributed by atoms with Gasteiger partial charge in [-0.1, -0.05) is 6.08 Å². The van der Waals surface area contributed by atoms with Gasteiger partial charge in [0, 0.05) is 12.6 Å². The zero-order valence-electron chi connectivity index (χ0n) is 11.3. The highest BCUT2D eigenvalue weighted by Gasteiger charge is 2.45. The van der Waals surface area contributed by atoms with Crippen molar-refractivity contribution in [2.45, 2.75) is 57.7 Å². The van der Waals surface area contributed by atoms with E-state index in [0.29, 0.717) is 0 Å². The molecule has 0 aromatic rings. The molecule has 4 heteroatoms. The van der Waals surface area contributed by atoms with Crippen molar-refractivity contribution in [2.24, 2.45) is 0 Å². The lowest BCUT2D eigenvalue weighted by Crippen LogP contribution is -2.66. The summed E-state index contributed by atoms with van der Waals surface area (Å²) in [5, 5.41) is 0. The first kappa shape index (κ1) is 13.1. The molecule has 2 aliphatic heterocycles. The zero-order chi connectivity index (χ0) is 13.3. The van der Waals surface area contributed by atoms with Crippen molar-refractivity contribution in [1.29, 1.82) is 0 Å². The second-order valence-electron chi connectivity index (χ2n) is 5.34. The van der Waals surface area contributed by atoms with Gasteiger partial charge in [0.2, 0.25) is 11.8 Å². The van der Waals surface area contributed by atoms with Gasteiger partial charge in [-0.25, -0.2) is 0 Å². The summed E-state index contributed by atoms with van der Waals surface area (Å²) in [6.45, 7) is 8.28. The van der Waals surface area contributed by atoms with Crippen LogP contribution in [0.3, 0.4) is 0 Å². The van der Waals surface area contributed by atoms with Crippen LogP contribution in [-0.4, -0.2) is 46.3 Å². The molecule has 0 aromatic carbocycles. The first-order valence-electron chi connectivity index (χ1n) is 6.81. The van der Waals surface area contributed by atoms with Crippen LogP contribution in [0.2, 0.25) is 0 Å². The number of piperidine rings is 1. The molecule has 0 aliphatic carbocycles. The Morgan fingerprint density at radius 2 is 2.11 bits per heavy atom. The lowest BCUT2D eigenvalue weighted by atomic mass is 9.94. The van der Waals surface area contributed by atoms with Gasteiger partial charge in [-0.3, -0.25) is 9.59 Å². The fourth-order valence-corrected chi connectivity index (χ4v) is 3.13. The third kappa shape index (κ3) is 2.04. The summed E-state index contributed by atoms with van der Waals surface area (Å²) in [7, 11) is 0. The maximum Gasteiger partial charge on any atom is 0.246 e. The fourth-order valence-electron chi connectivity index (χ4n) is 3.13. The molecule has 0 bridgehead atoms. The Morgan fingerprint density at radius 3 is 2.78 bits per heavy atom. The smallest absolute Gasteiger partial charge is 0.246 e. The predicted molar refractivity (Wildman–Crippen MR) is 69.9 cm³/mol. The summed E-state index contributed by atoms with van der Waals surface area (Å²) in [5.41, 5.74) is 0. The van der Waals surface area contributed by atoms with Gasteiger partial charge < -0.3 is 9.80 Å². The summed E-state index contributed by atoms with van der Waals surface area (Å²) in [6, 6.07) is -0.491. The van der Waals surface area contributed by atoms with Crippen LogP contribution in [0, 0.1) is 0 Å². The van der Waals surface area contributed by atoms with Crippen LogP contribution in [-0.2, 0) is 9.59 Å². The van der Waals surface area contributed by atoms with Crippen LogP contribution in [0.15, 0.2) is 12.7 Å². The Morgan fingerprint density at radius 1 is 1.39 bits per heavy atom. The number of carbonyl (C=O) groups excluding carboxylic acids is 2. The minimum atomic E-state index is -0.332. The quantitative estimate of drug-likeness (QED) is 0.713. The summed E-state index contributed by atoms with van der Waals surface area (Å²) < 4.78 is 0. The highest BCUT2D eigenvalue weighted by molar-refractivity contribution is 5.97. The van der Waals surface area contributed by atoms with Crippen LogP contribution in [0.4, 0.5) is 0 Å². The molecule has 2 aliphatic rings. The molecule has 100 valence electrons. The number of amides is 2. The molecule has 0 radical (unpaired) electrons. The number of piperazine rings is 1. The summed E-state index contributed by atoms with van der Waals surface area (Å²) in [5.74, 6) is 0.228. The SMILES string of the molecule is C=CCC(C)N1C(=O)C2CCCCN2C(=O)C1C. The average molecular weight is 250 g/mol. The minimum absolute atomic E-state index is 0.0537. The predicted octanol–water partition coefficient (Wildman–Crippen LogP) is 1.56. The third-order valence-electron chi connectivity index (χ3n) is 4.08. The van der Waals surface area contributed by atoms with E-state index >= 15 is 0 Å². The van der Waals surface area contributed by atoms with Gasteiger partial charge in [0.15, 0.2) is 0 Å². The molecule has 0 spiro atoms. The van der Waals surface area contributed by atoms with E-state index in [9.17, 15) is 9.59 Å². The molecule has 2 fully saturated rings. The van der Waals surface area contributed by atoms with Gasteiger partial charge in [0.1, 0.15) is 12.1 Å². The Kier molecular flexibility index (Phi) is 3.73. The van der Waals surface area contributed by atoms with Gasteiger partial charge in [0.05, 0.1) is 0 Å². The van der Waals surface area contributed by atoms with Crippen molar-refractivity contribution >= 4 is 11.8 Å². The molecule has 0 N–H and O–H groups in total. The Balaban J connectivity index is 2.23. The summed E-state index contributed by atoms with van der Waals surface area (Å²) in [6.07, 6.45) is 5.41. The minimum Gasteiger partial charge on any atom is -0.329 e. The lowest BCUT2D eigenvalue weighted by molar-refractivity contribution is -0.165. The van der Waals surface area contributed by atoms with E-state index in [2.05, 4.69) is 6.58 Å². The molecule has 3 atom stereocenters. The maximum atomic E-state index is 12.5. The van der Waals surface area contributed by atoms with E-state index in [1.807, 2.05) is 19.9 Å². The Bertz CT molecular complexity index is 367. The van der Waals surface area contributed by atoms with Gasteiger partial charge >= 0.3 is 0 Å². The molecule has 2 amide bonds. The molecule has 2 heterocycles. The number of rotatable bonds is 3. The molecule has 0 aromatic heterocycles. The Labute approximate surface area is 109 Å². The number of hydrogen-bond acceptors (Lipinski definition) is 2. The molecule has 2 saturated heterocycles. The van der Waals surface area contributed by atoms with Crippen molar-refractivity contribution in [3.8, 4) is 0 Å². The standard InChI is InChI=1S/C14H22N2O2/c1-4-7-10(2)16-11(3)13(17)15-9-6-5-8-12(15)14(16)18/h4,10-12H,1,5-9H2,2-3H3. The van der Waals surface area contributed by atoms with E-state index < -0.39 is 0 Å². The highest BCUT2D eigenvalue weighted by atomic mass is 16.2. The van der Waals surface area contributed by atoms with Crippen LogP contribution < -0.4 is 0 Å². The topological polar surface area (TPSA) is 40.6 Å². The second-order valence-corrected chi connectivity index (χ2v) is 5.34. The number of carbonyl (C=O) groups is 2. The van der Waals surface area contributed by atoms with Gasteiger partial charge in [-0.05, 0) is 39.5 Å². The van der Waals surface area contributed by atoms with Crippen LogP contribution in [0.5, 0.6) is 0 Å². The molecule has 3 unspecified atom stereocenters. The summed E-state index contributed by atoms with van der Waals surface area (Å²) >= 11 is 0. The van der Waals surface area contributed by atoms with Gasteiger partial charge in [0.25, 0.3) is 0 Å². The number of fused-ring (bicyclic) bond motifs is 1. The monoisotopic (exact) mass is 250 g/mol. The molecular weight excluding hydrogens is 228 g/mol. The third-order valence-corrected chi connectivity index (χ3v) is 4.08. The fraction of sp³-hybridized carbons (Fsp3) is 0.714. The van der Waals surface area contributed by atoms with Crippen molar-refractivity contribution in [1.82, 2.24) is 9.80 Å². The van der Waals surface area contributed by atoms with E-state index in [1.54, 1.807) is 9.80 Å². The zero-order valence-corrected chi connectivity index (χ0v) is 11.3. The van der Waals surface area contributed by atoms with Crippen LogP contribution in [0.25, 0.3) is 0 Å². The van der Waals surface area contributed by atoms with Crippen molar-refractivity contribution in [3.05, 3.63) is 12.7 Å². The molecule has 18 heavy (non-hydrogen) atoms. The van der Waals surface area contributed by atoms with E-state index in [-0.39, 0.29) is 29.9 Å². The first-order chi connectivity index (χ1) is 8.57. The van der Waals surface area contributed by atoms with E-state index in [0.717, 1.165) is 32.2 Å². The average Bonchev–Trinajstić information content (AvgIpc) is 2.37. The maximum absolute atomic E-state index is 12.5. The highest BCUT2D eigenvalue weighted by Crippen LogP contribution is 2.28. The second kappa shape index (κ2) is 5.12. The molecular formula is C14H22N2O2. The molecule has 4 nitrogen and oxygen atoms in total. The number of nitrogens with zero attached hydrogens (tertiary/aromatic N) is 2. The molecule has 2 rings (SSSR count). The van der Waals surface area contributed by atoms with Gasteiger partial charge in [-0.15, -0.1) is 6.58 Å². The normalized spacial score (nSPS) is 30.1. The first-order valence-corrected chi connectivity index (χ1v) is 6.81. The molecule has 0 saturated carbocycles. The number of hydrogen-bond donors (Lipinski definition) is 0. The van der Waals surface area contributed by atoms with E-state index in [1.165, 1.54) is 0 Å². The lowest BCUT2D eigenvalue weighted by Gasteiger charge is -2.48. The van der Waals surface area contributed by atoms with E-state index in [4.69, 9.17) is 0 Å².